The average molecular weight is 339 g/mol. The van der Waals surface area contributed by atoms with Crippen LogP contribution in [-0.2, 0) is 9.53 Å². The van der Waals surface area contributed by atoms with Crippen LogP contribution in [0.4, 0.5) is 0 Å². The third kappa shape index (κ3) is 5.11. The van der Waals surface area contributed by atoms with Gasteiger partial charge in [0, 0.05) is 38.4 Å². The minimum atomic E-state index is -0.152. The molecule has 0 radical (unpaired) electrons. The fraction of sp³-hybridized carbons (Fsp3) is 0.400. The Morgan fingerprint density at radius 1 is 1.12 bits per heavy atom. The number of amides is 1. The van der Waals surface area contributed by atoms with E-state index in [-0.39, 0.29) is 11.9 Å². The molecule has 1 amide bonds. The minimum absolute atomic E-state index is 0.0638. The number of aromatic nitrogens is 1. The van der Waals surface area contributed by atoms with E-state index in [1.165, 1.54) is 5.56 Å². The van der Waals surface area contributed by atoms with Crippen molar-refractivity contribution in [2.24, 2.45) is 0 Å². The maximum Gasteiger partial charge on any atom is 0.222 e. The van der Waals surface area contributed by atoms with Crippen LogP contribution < -0.4 is 5.32 Å². The maximum absolute atomic E-state index is 12.5. The van der Waals surface area contributed by atoms with Crippen LogP contribution in [0.15, 0.2) is 48.8 Å². The summed E-state index contributed by atoms with van der Waals surface area (Å²) in [6, 6.07) is 12.0. The molecule has 25 heavy (non-hydrogen) atoms. The van der Waals surface area contributed by atoms with Gasteiger partial charge in [-0.05, 0) is 30.2 Å². The van der Waals surface area contributed by atoms with Gasteiger partial charge in [-0.15, -0.1) is 0 Å². The molecule has 5 nitrogen and oxygen atoms in total. The summed E-state index contributed by atoms with van der Waals surface area (Å²) in [5.41, 5.74) is 3.32. The van der Waals surface area contributed by atoms with Gasteiger partial charge < -0.3 is 10.1 Å². The zero-order chi connectivity index (χ0) is 17.5. The molecule has 132 valence electrons. The van der Waals surface area contributed by atoms with Crippen LogP contribution in [0.3, 0.4) is 0 Å². The van der Waals surface area contributed by atoms with Crippen molar-refractivity contribution >= 4 is 5.91 Å². The van der Waals surface area contributed by atoms with Crippen molar-refractivity contribution in [3.05, 3.63) is 65.5 Å². The fourth-order valence-electron chi connectivity index (χ4n) is 2.99. The molecule has 5 heteroatoms. The number of hydrogen-bond acceptors (Lipinski definition) is 4. The molecule has 1 N–H and O–H groups in total. The van der Waals surface area contributed by atoms with E-state index in [0.29, 0.717) is 6.42 Å². The molecular weight excluding hydrogens is 314 g/mol. The lowest BCUT2D eigenvalue weighted by Gasteiger charge is -2.26. The monoisotopic (exact) mass is 339 g/mol. The number of nitrogens with one attached hydrogen (secondary N) is 1. The average Bonchev–Trinajstić information content (AvgIpc) is 2.67. The molecule has 1 aromatic carbocycles. The number of benzene rings is 1. The highest BCUT2D eigenvalue weighted by Gasteiger charge is 2.18. The number of hydrogen-bond donors (Lipinski definition) is 1. The van der Waals surface area contributed by atoms with E-state index in [4.69, 9.17) is 4.74 Å². The van der Waals surface area contributed by atoms with Crippen LogP contribution >= 0.6 is 0 Å². The summed E-state index contributed by atoms with van der Waals surface area (Å²) in [5, 5.41) is 3.18. The van der Waals surface area contributed by atoms with E-state index in [1.54, 1.807) is 12.4 Å². The second kappa shape index (κ2) is 8.74. The Kier molecular flexibility index (Phi) is 6.14. The van der Waals surface area contributed by atoms with E-state index in [2.05, 4.69) is 46.4 Å². The molecule has 0 unspecified atom stereocenters. The molecule has 0 aliphatic carbocycles. The third-order valence-corrected chi connectivity index (χ3v) is 4.51. The topological polar surface area (TPSA) is 54.5 Å². The van der Waals surface area contributed by atoms with Crippen molar-refractivity contribution in [1.82, 2.24) is 15.2 Å². The number of aryl methyl sites for hydroxylation is 1. The fourth-order valence-corrected chi connectivity index (χ4v) is 2.99. The van der Waals surface area contributed by atoms with Crippen molar-refractivity contribution in [2.75, 3.05) is 32.8 Å². The number of nitrogens with zero attached hydrogens (tertiary/aromatic N) is 2. The van der Waals surface area contributed by atoms with Gasteiger partial charge in [-0.3, -0.25) is 14.7 Å². The predicted molar refractivity (Wildman–Crippen MR) is 97.3 cm³/mol. The molecule has 1 atom stereocenters. The molecule has 3 rings (SSSR count). The van der Waals surface area contributed by atoms with Gasteiger partial charge >= 0.3 is 0 Å². The van der Waals surface area contributed by atoms with Gasteiger partial charge in [-0.1, -0.05) is 29.8 Å². The zero-order valence-electron chi connectivity index (χ0n) is 14.6. The number of pyridine rings is 1. The maximum atomic E-state index is 12.5. The SMILES string of the molecule is Cc1ccc([C@@H](NC(=O)CCN2CCOCC2)c2ccncc2)cc1. The smallest absolute Gasteiger partial charge is 0.222 e. The van der Waals surface area contributed by atoms with Crippen LogP contribution in [-0.4, -0.2) is 48.6 Å². The summed E-state index contributed by atoms with van der Waals surface area (Å²) in [5.74, 6) is 0.0638. The van der Waals surface area contributed by atoms with Gasteiger partial charge in [-0.2, -0.15) is 0 Å². The number of carbonyl (C=O) groups is 1. The van der Waals surface area contributed by atoms with Gasteiger partial charge in [0.15, 0.2) is 0 Å². The molecule has 1 aliphatic rings. The molecule has 2 aromatic rings. The molecule has 1 fully saturated rings. The van der Waals surface area contributed by atoms with Crippen molar-refractivity contribution in [3.63, 3.8) is 0 Å². The summed E-state index contributed by atoms with van der Waals surface area (Å²) in [7, 11) is 0. The van der Waals surface area contributed by atoms with E-state index >= 15 is 0 Å². The van der Waals surface area contributed by atoms with E-state index < -0.39 is 0 Å². The Balaban J connectivity index is 1.66. The Bertz CT molecular complexity index is 667. The minimum Gasteiger partial charge on any atom is -0.379 e. The molecule has 2 heterocycles. The highest BCUT2D eigenvalue weighted by Crippen LogP contribution is 2.22. The quantitative estimate of drug-likeness (QED) is 0.877. The van der Waals surface area contributed by atoms with Gasteiger partial charge in [0.2, 0.25) is 5.91 Å². The van der Waals surface area contributed by atoms with Gasteiger partial charge in [0.05, 0.1) is 19.3 Å². The molecular formula is C20H25N3O2. The van der Waals surface area contributed by atoms with Crippen molar-refractivity contribution in [3.8, 4) is 0 Å². The number of carbonyl (C=O) groups excluding carboxylic acids is 1. The first-order chi connectivity index (χ1) is 12.2. The van der Waals surface area contributed by atoms with Crippen molar-refractivity contribution in [2.45, 2.75) is 19.4 Å². The molecule has 1 aliphatic heterocycles. The van der Waals surface area contributed by atoms with Crippen molar-refractivity contribution in [1.29, 1.82) is 0 Å². The normalized spacial score (nSPS) is 16.4. The first kappa shape index (κ1) is 17.6. The molecule has 0 spiro atoms. The lowest BCUT2D eigenvalue weighted by atomic mass is 9.98. The largest absolute Gasteiger partial charge is 0.379 e. The Labute approximate surface area is 149 Å². The van der Waals surface area contributed by atoms with E-state index in [0.717, 1.165) is 44.0 Å². The van der Waals surface area contributed by atoms with Crippen LogP contribution in [0.1, 0.15) is 29.2 Å². The zero-order valence-corrected chi connectivity index (χ0v) is 14.6. The first-order valence-corrected chi connectivity index (χ1v) is 8.78. The highest BCUT2D eigenvalue weighted by atomic mass is 16.5. The Hall–Kier alpha value is -2.24. The lowest BCUT2D eigenvalue weighted by Crippen LogP contribution is -2.39. The van der Waals surface area contributed by atoms with Gasteiger partial charge in [0.1, 0.15) is 0 Å². The number of rotatable bonds is 6. The van der Waals surface area contributed by atoms with E-state index in [1.807, 2.05) is 12.1 Å². The van der Waals surface area contributed by atoms with Crippen LogP contribution in [0.5, 0.6) is 0 Å². The van der Waals surface area contributed by atoms with Gasteiger partial charge in [-0.25, -0.2) is 0 Å². The summed E-state index contributed by atoms with van der Waals surface area (Å²) in [4.78, 5) is 18.9. The first-order valence-electron chi connectivity index (χ1n) is 8.78. The number of ether oxygens (including phenoxy) is 1. The van der Waals surface area contributed by atoms with Crippen LogP contribution in [0.25, 0.3) is 0 Å². The van der Waals surface area contributed by atoms with Crippen LogP contribution in [0.2, 0.25) is 0 Å². The summed E-state index contributed by atoms with van der Waals surface area (Å²) >= 11 is 0. The summed E-state index contributed by atoms with van der Waals surface area (Å²) < 4.78 is 5.35. The Morgan fingerprint density at radius 2 is 1.76 bits per heavy atom. The predicted octanol–water partition coefficient (Wildman–Crippen LogP) is 2.32. The molecule has 0 bridgehead atoms. The van der Waals surface area contributed by atoms with Crippen LogP contribution in [0, 0.1) is 6.92 Å². The second-order valence-electron chi connectivity index (χ2n) is 6.40. The van der Waals surface area contributed by atoms with Crippen molar-refractivity contribution < 1.29 is 9.53 Å². The standard InChI is InChI=1S/C20H25N3O2/c1-16-2-4-17(5-3-16)20(18-6-9-21-10-7-18)22-19(24)8-11-23-12-14-25-15-13-23/h2-7,9-10,20H,8,11-15H2,1H3,(H,22,24)/t20-/m1/s1. The summed E-state index contributed by atoms with van der Waals surface area (Å²) in [6.07, 6.45) is 4.01. The van der Waals surface area contributed by atoms with Gasteiger partial charge in [0.25, 0.3) is 0 Å². The lowest BCUT2D eigenvalue weighted by molar-refractivity contribution is -0.122. The third-order valence-electron chi connectivity index (χ3n) is 4.51. The molecule has 1 aromatic heterocycles. The Morgan fingerprint density at radius 3 is 2.44 bits per heavy atom. The van der Waals surface area contributed by atoms with E-state index in [9.17, 15) is 4.79 Å². The molecule has 1 saturated heterocycles. The molecule has 0 saturated carbocycles. The summed E-state index contributed by atoms with van der Waals surface area (Å²) in [6.45, 7) is 6.14. The second-order valence-corrected chi connectivity index (χ2v) is 6.40. The number of morpholine rings is 1. The highest BCUT2D eigenvalue weighted by molar-refractivity contribution is 5.77.